The number of aliphatic hydroxyl groups excluding tert-OH is 1. The number of rotatable bonds is 8. The van der Waals surface area contributed by atoms with E-state index in [1.165, 1.54) is 11.8 Å². The Balaban J connectivity index is 1.71. The largest absolute Gasteiger partial charge is 0.491 e. The molecule has 3 rings (SSSR count). The number of para-hydroxylation sites is 2. The van der Waals surface area contributed by atoms with Gasteiger partial charge in [-0.3, -0.25) is 9.36 Å². The molecule has 6 heteroatoms. The smallest absolute Gasteiger partial charge is 0.262 e. The molecule has 0 bridgehead atoms. The van der Waals surface area contributed by atoms with Crippen molar-refractivity contribution < 1.29 is 9.84 Å². The van der Waals surface area contributed by atoms with Gasteiger partial charge >= 0.3 is 0 Å². The molecule has 1 N–H and O–H groups in total. The SMILES string of the molecule is CCCn1c(SC[C@@H](O)COc2ccccc2)nc2ccccc2c1=O. The summed E-state index contributed by atoms with van der Waals surface area (Å²) < 4.78 is 7.27. The summed E-state index contributed by atoms with van der Waals surface area (Å²) in [5.74, 6) is 1.13. The molecule has 0 unspecified atom stereocenters. The maximum Gasteiger partial charge on any atom is 0.262 e. The number of hydrogen-bond donors (Lipinski definition) is 1. The third-order valence-electron chi connectivity index (χ3n) is 3.86. The predicted molar refractivity (Wildman–Crippen MR) is 105 cm³/mol. The van der Waals surface area contributed by atoms with Gasteiger partial charge in [-0.05, 0) is 30.7 Å². The topological polar surface area (TPSA) is 64.3 Å². The highest BCUT2D eigenvalue weighted by Gasteiger charge is 2.13. The van der Waals surface area contributed by atoms with Gasteiger partial charge in [-0.2, -0.15) is 0 Å². The molecule has 0 saturated carbocycles. The molecule has 0 aliphatic rings. The number of nitrogens with zero attached hydrogens (tertiary/aromatic N) is 2. The molecule has 0 amide bonds. The quantitative estimate of drug-likeness (QED) is 0.487. The van der Waals surface area contributed by atoms with Crippen LogP contribution in [0.25, 0.3) is 10.9 Å². The van der Waals surface area contributed by atoms with Crippen LogP contribution in [-0.2, 0) is 6.54 Å². The second-order valence-corrected chi connectivity index (χ2v) is 6.94. The number of thioether (sulfide) groups is 1. The summed E-state index contributed by atoms with van der Waals surface area (Å²) in [6.45, 7) is 2.83. The molecule has 0 radical (unpaired) electrons. The van der Waals surface area contributed by atoms with Crippen LogP contribution in [0.3, 0.4) is 0 Å². The van der Waals surface area contributed by atoms with Gasteiger partial charge in [-0.1, -0.05) is 49.0 Å². The van der Waals surface area contributed by atoms with Crippen molar-refractivity contribution in [3.05, 3.63) is 65.0 Å². The van der Waals surface area contributed by atoms with Crippen LogP contribution >= 0.6 is 11.8 Å². The van der Waals surface area contributed by atoms with Gasteiger partial charge in [0.15, 0.2) is 5.16 Å². The average Bonchev–Trinajstić information content (AvgIpc) is 2.68. The van der Waals surface area contributed by atoms with E-state index in [-0.39, 0.29) is 12.2 Å². The molecule has 0 fully saturated rings. The first-order valence-corrected chi connectivity index (χ1v) is 9.66. The minimum atomic E-state index is -0.654. The molecule has 0 aliphatic carbocycles. The number of benzene rings is 2. The molecule has 3 aromatic rings. The fourth-order valence-electron chi connectivity index (χ4n) is 2.61. The van der Waals surface area contributed by atoms with E-state index in [4.69, 9.17) is 4.74 Å². The monoisotopic (exact) mass is 370 g/mol. The maximum absolute atomic E-state index is 12.7. The lowest BCUT2D eigenvalue weighted by molar-refractivity contribution is 0.126. The number of aromatic nitrogens is 2. The summed E-state index contributed by atoms with van der Waals surface area (Å²) in [5, 5.41) is 11.5. The van der Waals surface area contributed by atoms with Gasteiger partial charge in [0.1, 0.15) is 12.4 Å². The number of fused-ring (bicyclic) bond motifs is 1. The van der Waals surface area contributed by atoms with Crippen molar-refractivity contribution in [3.8, 4) is 5.75 Å². The average molecular weight is 370 g/mol. The lowest BCUT2D eigenvalue weighted by Gasteiger charge is -2.15. The van der Waals surface area contributed by atoms with Gasteiger partial charge < -0.3 is 9.84 Å². The second-order valence-electron chi connectivity index (χ2n) is 5.96. The zero-order chi connectivity index (χ0) is 18.4. The fraction of sp³-hybridized carbons (Fsp3) is 0.300. The molecule has 1 heterocycles. The Morgan fingerprint density at radius 1 is 1.15 bits per heavy atom. The number of ether oxygens (including phenoxy) is 1. The predicted octanol–water partition coefficient (Wildman–Crippen LogP) is 3.34. The van der Waals surface area contributed by atoms with Gasteiger partial charge in [-0.15, -0.1) is 0 Å². The summed E-state index contributed by atoms with van der Waals surface area (Å²) >= 11 is 1.38. The van der Waals surface area contributed by atoms with Crippen LogP contribution in [0.4, 0.5) is 0 Å². The van der Waals surface area contributed by atoms with E-state index in [2.05, 4.69) is 4.98 Å². The summed E-state index contributed by atoms with van der Waals surface area (Å²) in [5.41, 5.74) is 0.650. The third-order valence-corrected chi connectivity index (χ3v) is 4.99. The molecule has 2 aromatic carbocycles. The summed E-state index contributed by atoms with van der Waals surface area (Å²) in [6, 6.07) is 16.7. The van der Waals surface area contributed by atoms with Gasteiger partial charge in [0.2, 0.25) is 0 Å². The van der Waals surface area contributed by atoms with Crippen LogP contribution in [0.2, 0.25) is 0 Å². The Morgan fingerprint density at radius 3 is 2.65 bits per heavy atom. The normalized spacial score (nSPS) is 12.2. The Bertz CT molecular complexity index is 912. The maximum atomic E-state index is 12.7. The molecule has 1 atom stereocenters. The van der Waals surface area contributed by atoms with Crippen LogP contribution in [0.15, 0.2) is 64.5 Å². The molecule has 0 saturated heterocycles. The zero-order valence-electron chi connectivity index (χ0n) is 14.7. The highest BCUT2D eigenvalue weighted by Crippen LogP contribution is 2.19. The van der Waals surface area contributed by atoms with E-state index < -0.39 is 6.10 Å². The minimum absolute atomic E-state index is 0.0324. The molecular formula is C20H22N2O3S. The van der Waals surface area contributed by atoms with E-state index in [1.54, 1.807) is 10.6 Å². The first-order valence-electron chi connectivity index (χ1n) is 8.67. The van der Waals surface area contributed by atoms with E-state index in [0.717, 1.165) is 12.2 Å². The van der Waals surface area contributed by atoms with Crippen molar-refractivity contribution in [3.63, 3.8) is 0 Å². The van der Waals surface area contributed by atoms with Crippen molar-refractivity contribution in [1.82, 2.24) is 9.55 Å². The van der Waals surface area contributed by atoms with Gasteiger partial charge in [0.05, 0.1) is 17.0 Å². The van der Waals surface area contributed by atoms with Crippen LogP contribution in [-0.4, -0.2) is 33.1 Å². The number of aliphatic hydroxyl groups is 1. The molecule has 26 heavy (non-hydrogen) atoms. The van der Waals surface area contributed by atoms with E-state index in [9.17, 15) is 9.90 Å². The Kier molecular flexibility index (Phi) is 6.30. The fourth-order valence-corrected chi connectivity index (χ4v) is 3.54. The Morgan fingerprint density at radius 2 is 1.88 bits per heavy atom. The minimum Gasteiger partial charge on any atom is -0.491 e. The first-order chi connectivity index (χ1) is 12.7. The van der Waals surface area contributed by atoms with Gasteiger partial charge in [0.25, 0.3) is 5.56 Å². The van der Waals surface area contributed by atoms with Crippen LogP contribution in [0, 0.1) is 0 Å². The lowest BCUT2D eigenvalue weighted by Crippen LogP contribution is -2.25. The van der Waals surface area contributed by atoms with Crippen molar-refractivity contribution in [2.45, 2.75) is 31.1 Å². The second kappa shape index (κ2) is 8.87. The molecule has 5 nitrogen and oxygen atoms in total. The Hall–Kier alpha value is -2.31. The van der Waals surface area contributed by atoms with Crippen molar-refractivity contribution in [2.24, 2.45) is 0 Å². The number of hydrogen-bond acceptors (Lipinski definition) is 5. The summed E-state index contributed by atoms with van der Waals surface area (Å²) in [7, 11) is 0. The van der Waals surface area contributed by atoms with Crippen LogP contribution in [0.5, 0.6) is 5.75 Å². The first kappa shape index (κ1) is 18.5. The molecular weight excluding hydrogens is 348 g/mol. The van der Waals surface area contributed by atoms with Gasteiger partial charge in [-0.25, -0.2) is 4.98 Å². The highest BCUT2D eigenvalue weighted by atomic mass is 32.2. The van der Waals surface area contributed by atoms with Crippen molar-refractivity contribution in [2.75, 3.05) is 12.4 Å². The molecule has 1 aromatic heterocycles. The standard InChI is InChI=1S/C20H22N2O3S/c1-2-12-22-19(24)17-10-6-7-11-18(17)21-20(22)26-14-15(23)13-25-16-8-4-3-5-9-16/h3-11,15,23H,2,12-14H2,1H3/t15-/m0/s1. The van der Waals surface area contributed by atoms with Gasteiger partial charge in [0, 0.05) is 12.3 Å². The zero-order valence-corrected chi connectivity index (χ0v) is 15.5. The van der Waals surface area contributed by atoms with E-state index in [0.29, 0.717) is 28.4 Å². The highest BCUT2D eigenvalue weighted by molar-refractivity contribution is 7.99. The van der Waals surface area contributed by atoms with Crippen LogP contribution < -0.4 is 10.3 Å². The van der Waals surface area contributed by atoms with E-state index >= 15 is 0 Å². The molecule has 0 spiro atoms. The van der Waals surface area contributed by atoms with Crippen LogP contribution in [0.1, 0.15) is 13.3 Å². The summed E-state index contributed by atoms with van der Waals surface area (Å²) in [6.07, 6.45) is 0.186. The lowest BCUT2D eigenvalue weighted by atomic mass is 10.2. The molecule has 0 aliphatic heterocycles. The molecule has 136 valence electrons. The summed E-state index contributed by atoms with van der Waals surface area (Å²) in [4.78, 5) is 17.3. The third kappa shape index (κ3) is 4.45. The van der Waals surface area contributed by atoms with E-state index in [1.807, 2.05) is 55.5 Å². The Labute approximate surface area is 156 Å². The van der Waals surface area contributed by atoms with Crippen molar-refractivity contribution >= 4 is 22.7 Å². The van der Waals surface area contributed by atoms with Crippen molar-refractivity contribution in [1.29, 1.82) is 0 Å².